The van der Waals surface area contributed by atoms with Crippen molar-refractivity contribution < 1.29 is 0 Å². The second-order valence-corrected chi connectivity index (χ2v) is 6.06. The van der Waals surface area contributed by atoms with Gasteiger partial charge < -0.3 is 5.32 Å². The van der Waals surface area contributed by atoms with E-state index in [1.807, 2.05) is 11.3 Å². The first-order valence-electron chi connectivity index (χ1n) is 6.29. The number of hydrogen-bond acceptors (Lipinski definition) is 3. The summed E-state index contributed by atoms with van der Waals surface area (Å²) in [5, 5.41) is 3.61. The first-order chi connectivity index (χ1) is 7.78. The third-order valence-corrected chi connectivity index (χ3v) is 4.12. The number of likely N-dealkylation sites (tertiary alicyclic amines) is 1. The molecule has 0 aromatic carbocycles. The van der Waals surface area contributed by atoms with Gasteiger partial charge in [-0.25, -0.2) is 0 Å². The molecule has 1 aliphatic rings. The van der Waals surface area contributed by atoms with Crippen molar-refractivity contribution in [3.8, 4) is 0 Å². The minimum Gasteiger partial charge on any atom is -0.313 e. The lowest BCUT2D eigenvalue weighted by Crippen LogP contribution is -2.32. The molecular weight excluding hydrogens is 216 g/mol. The zero-order chi connectivity index (χ0) is 11.4. The Hall–Kier alpha value is -0.380. The van der Waals surface area contributed by atoms with Gasteiger partial charge in [-0.05, 0) is 38.4 Å². The van der Waals surface area contributed by atoms with Gasteiger partial charge in [0.15, 0.2) is 0 Å². The summed E-state index contributed by atoms with van der Waals surface area (Å²) >= 11 is 1.93. The fraction of sp³-hybridized carbons (Fsp3) is 0.692. The van der Waals surface area contributed by atoms with Crippen LogP contribution in [0.3, 0.4) is 0 Å². The van der Waals surface area contributed by atoms with Gasteiger partial charge in [0.1, 0.15) is 0 Å². The Morgan fingerprint density at radius 2 is 2.38 bits per heavy atom. The molecule has 1 atom stereocenters. The molecule has 2 heterocycles. The van der Waals surface area contributed by atoms with E-state index >= 15 is 0 Å². The predicted molar refractivity (Wildman–Crippen MR) is 71.0 cm³/mol. The molecule has 1 aliphatic heterocycles. The van der Waals surface area contributed by atoms with Crippen molar-refractivity contribution in [2.45, 2.75) is 39.3 Å². The molecule has 0 saturated carbocycles. The molecular formula is C13H22N2S. The summed E-state index contributed by atoms with van der Waals surface area (Å²) in [5.41, 5.74) is 0. The SMILES string of the molecule is CCCNC1CCN(Cc2ccc(C)s2)C1. The van der Waals surface area contributed by atoms with Gasteiger partial charge in [-0.3, -0.25) is 4.90 Å². The maximum absolute atomic E-state index is 3.61. The van der Waals surface area contributed by atoms with Gasteiger partial charge >= 0.3 is 0 Å². The summed E-state index contributed by atoms with van der Waals surface area (Å²) in [5.74, 6) is 0. The molecule has 0 amide bonds. The largest absolute Gasteiger partial charge is 0.313 e. The van der Waals surface area contributed by atoms with Gasteiger partial charge in [-0.2, -0.15) is 0 Å². The third-order valence-electron chi connectivity index (χ3n) is 3.13. The van der Waals surface area contributed by atoms with Crippen LogP contribution < -0.4 is 5.32 Å². The van der Waals surface area contributed by atoms with Gasteiger partial charge in [0, 0.05) is 35.4 Å². The number of hydrogen-bond donors (Lipinski definition) is 1. The van der Waals surface area contributed by atoms with Crippen LogP contribution >= 0.6 is 11.3 Å². The van der Waals surface area contributed by atoms with E-state index < -0.39 is 0 Å². The molecule has 1 unspecified atom stereocenters. The minimum absolute atomic E-state index is 0.723. The van der Waals surface area contributed by atoms with Crippen LogP contribution in [0, 0.1) is 6.92 Å². The average Bonchev–Trinajstić information content (AvgIpc) is 2.86. The summed E-state index contributed by atoms with van der Waals surface area (Å²) < 4.78 is 0. The molecule has 1 aromatic heterocycles. The van der Waals surface area contributed by atoms with E-state index in [1.165, 1.54) is 35.7 Å². The molecule has 2 nitrogen and oxygen atoms in total. The Bertz CT molecular complexity index is 321. The Morgan fingerprint density at radius 3 is 3.06 bits per heavy atom. The summed E-state index contributed by atoms with van der Waals surface area (Å²) in [6.07, 6.45) is 2.55. The maximum atomic E-state index is 3.61. The van der Waals surface area contributed by atoms with E-state index in [-0.39, 0.29) is 0 Å². The molecule has 1 saturated heterocycles. The highest BCUT2D eigenvalue weighted by Crippen LogP contribution is 2.19. The van der Waals surface area contributed by atoms with E-state index in [2.05, 4.69) is 36.2 Å². The second-order valence-electron chi connectivity index (χ2n) is 4.69. The second kappa shape index (κ2) is 5.80. The van der Waals surface area contributed by atoms with E-state index in [0.717, 1.165) is 19.1 Å². The van der Waals surface area contributed by atoms with Gasteiger partial charge in [0.2, 0.25) is 0 Å². The van der Waals surface area contributed by atoms with Gasteiger partial charge in [-0.15, -0.1) is 11.3 Å². The van der Waals surface area contributed by atoms with Crippen LogP contribution in [0.4, 0.5) is 0 Å². The highest BCUT2D eigenvalue weighted by atomic mass is 32.1. The quantitative estimate of drug-likeness (QED) is 0.848. The highest BCUT2D eigenvalue weighted by molar-refractivity contribution is 7.11. The van der Waals surface area contributed by atoms with Crippen molar-refractivity contribution in [3.63, 3.8) is 0 Å². The first kappa shape index (κ1) is 12.1. The minimum atomic E-state index is 0.723. The molecule has 0 radical (unpaired) electrons. The average molecular weight is 238 g/mol. The fourth-order valence-corrected chi connectivity index (χ4v) is 3.21. The molecule has 0 spiro atoms. The molecule has 3 heteroatoms. The standard InChI is InChI=1S/C13H22N2S/c1-3-7-14-12-6-8-15(9-12)10-13-5-4-11(2)16-13/h4-5,12,14H,3,6-10H2,1-2H3. The lowest BCUT2D eigenvalue weighted by atomic mass is 10.2. The number of thiophene rings is 1. The highest BCUT2D eigenvalue weighted by Gasteiger charge is 2.21. The number of nitrogens with one attached hydrogen (secondary N) is 1. The lowest BCUT2D eigenvalue weighted by Gasteiger charge is -2.15. The van der Waals surface area contributed by atoms with Crippen LogP contribution in [0.15, 0.2) is 12.1 Å². The maximum Gasteiger partial charge on any atom is 0.0328 e. The Kier molecular flexibility index (Phi) is 4.38. The summed E-state index contributed by atoms with van der Waals surface area (Å²) in [7, 11) is 0. The Balaban J connectivity index is 1.76. The summed E-state index contributed by atoms with van der Waals surface area (Å²) in [4.78, 5) is 5.50. The molecule has 1 N–H and O–H groups in total. The normalized spacial score (nSPS) is 21.8. The van der Waals surface area contributed by atoms with Crippen molar-refractivity contribution in [3.05, 3.63) is 21.9 Å². The van der Waals surface area contributed by atoms with Gasteiger partial charge in [0.05, 0.1) is 0 Å². The van der Waals surface area contributed by atoms with E-state index in [0.29, 0.717) is 0 Å². The molecule has 16 heavy (non-hydrogen) atoms. The molecule has 2 rings (SSSR count). The molecule has 0 bridgehead atoms. The zero-order valence-electron chi connectivity index (χ0n) is 10.3. The smallest absolute Gasteiger partial charge is 0.0328 e. The van der Waals surface area contributed by atoms with Crippen LogP contribution in [-0.2, 0) is 6.54 Å². The Labute approximate surface area is 103 Å². The van der Waals surface area contributed by atoms with Crippen LogP contribution in [0.5, 0.6) is 0 Å². The number of aryl methyl sites for hydroxylation is 1. The first-order valence-corrected chi connectivity index (χ1v) is 7.10. The molecule has 90 valence electrons. The Morgan fingerprint density at radius 1 is 1.50 bits per heavy atom. The number of nitrogens with zero attached hydrogens (tertiary/aromatic N) is 1. The van der Waals surface area contributed by atoms with E-state index in [9.17, 15) is 0 Å². The predicted octanol–water partition coefficient (Wildman–Crippen LogP) is 2.63. The third kappa shape index (κ3) is 3.30. The van der Waals surface area contributed by atoms with Crippen LogP contribution in [0.2, 0.25) is 0 Å². The van der Waals surface area contributed by atoms with Gasteiger partial charge in [-0.1, -0.05) is 6.92 Å². The van der Waals surface area contributed by atoms with E-state index in [4.69, 9.17) is 0 Å². The van der Waals surface area contributed by atoms with E-state index in [1.54, 1.807) is 0 Å². The lowest BCUT2D eigenvalue weighted by molar-refractivity contribution is 0.323. The van der Waals surface area contributed by atoms with Crippen molar-refractivity contribution in [1.82, 2.24) is 10.2 Å². The fourth-order valence-electron chi connectivity index (χ4n) is 2.28. The summed E-state index contributed by atoms with van der Waals surface area (Å²) in [6.45, 7) is 9.19. The van der Waals surface area contributed by atoms with Crippen LogP contribution in [-0.4, -0.2) is 30.6 Å². The van der Waals surface area contributed by atoms with Crippen molar-refractivity contribution >= 4 is 11.3 Å². The zero-order valence-corrected chi connectivity index (χ0v) is 11.1. The van der Waals surface area contributed by atoms with Gasteiger partial charge in [0.25, 0.3) is 0 Å². The molecule has 1 aromatic rings. The van der Waals surface area contributed by atoms with Crippen LogP contribution in [0.25, 0.3) is 0 Å². The number of rotatable bonds is 5. The molecule has 0 aliphatic carbocycles. The summed E-state index contributed by atoms with van der Waals surface area (Å²) in [6, 6.07) is 5.22. The van der Waals surface area contributed by atoms with Crippen molar-refractivity contribution in [2.75, 3.05) is 19.6 Å². The topological polar surface area (TPSA) is 15.3 Å². The molecule has 1 fully saturated rings. The van der Waals surface area contributed by atoms with Crippen LogP contribution in [0.1, 0.15) is 29.5 Å². The monoisotopic (exact) mass is 238 g/mol. The van der Waals surface area contributed by atoms with Crippen molar-refractivity contribution in [2.24, 2.45) is 0 Å². The van der Waals surface area contributed by atoms with Crippen molar-refractivity contribution in [1.29, 1.82) is 0 Å².